The summed E-state index contributed by atoms with van der Waals surface area (Å²) in [6.45, 7) is 2.68. The number of pyridine rings is 1. The quantitative estimate of drug-likeness (QED) is 0.840. The number of thioether (sulfide) groups is 1. The molecule has 0 aliphatic carbocycles. The molecule has 1 heterocycles. The Morgan fingerprint density at radius 3 is 2.53 bits per heavy atom. The molecule has 1 unspecified atom stereocenters. The van der Waals surface area contributed by atoms with Crippen LogP contribution in [0, 0.1) is 6.92 Å². The Hall–Kier alpha value is -1.32. The van der Waals surface area contributed by atoms with Gasteiger partial charge in [-0.15, -0.1) is 11.8 Å². The first-order valence-corrected chi connectivity index (χ1v) is 6.52. The maximum absolute atomic E-state index is 5.82. The summed E-state index contributed by atoms with van der Waals surface area (Å²) < 4.78 is 0. The molecular weight excluding hydrogens is 228 g/mol. The van der Waals surface area contributed by atoms with E-state index < -0.39 is 0 Å². The van der Waals surface area contributed by atoms with E-state index in [1.165, 1.54) is 10.5 Å². The van der Waals surface area contributed by atoms with Gasteiger partial charge in [0.15, 0.2) is 0 Å². The number of benzene rings is 1. The molecule has 0 radical (unpaired) electrons. The SMILES string of the molecule is Cc1ccc(SC(CN)c2ccccn2)cc1. The lowest BCUT2D eigenvalue weighted by atomic mass is 10.2. The lowest BCUT2D eigenvalue weighted by Gasteiger charge is -2.13. The second kappa shape index (κ2) is 5.84. The minimum atomic E-state index is 0.221. The van der Waals surface area contributed by atoms with Crippen LogP contribution in [0.4, 0.5) is 0 Å². The molecule has 3 heteroatoms. The van der Waals surface area contributed by atoms with Crippen LogP contribution in [-0.4, -0.2) is 11.5 Å². The van der Waals surface area contributed by atoms with Gasteiger partial charge in [-0.2, -0.15) is 0 Å². The van der Waals surface area contributed by atoms with Crippen molar-refractivity contribution in [1.29, 1.82) is 0 Å². The van der Waals surface area contributed by atoms with E-state index >= 15 is 0 Å². The molecule has 1 aromatic heterocycles. The lowest BCUT2D eigenvalue weighted by molar-refractivity contribution is 0.898. The Bertz CT molecular complexity index is 453. The Kier molecular flexibility index (Phi) is 4.18. The number of aromatic nitrogens is 1. The van der Waals surface area contributed by atoms with Gasteiger partial charge in [0, 0.05) is 17.6 Å². The Morgan fingerprint density at radius 1 is 1.18 bits per heavy atom. The smallest absolute Gasteiger partial charge is 0.0639 e. The molecule has 1 atom stereocenters. The van der Waals surface area contributed by atoms with Crippen molar-refractivity contribution in [3.8, 4) is 0 Å². The van der Waals surface area contributed by atoms with Gasteiger partial charge >= 0.3 is 0 Å². The lowest BCUT2D eigenvalue weighted by Crippen LogP contribution is -2.10. The van der Waals surface area contributed by atoms with Crippen molar-refractivity contribution in [2.45, 2.75) is 17.1 Å². The molecule has 17 heavy (non-hydrogen) atoms. The fraction of sp³-hybridized carbons (Fsp3) is 0.214. The van der Waals surface area contributed by atoms with Crippen molar-refractivity contribution < 1.29 is 0 Å². The van der Waals surface area contributed by atoms with Gasteiger partial charge in [0.05, 0.1) is 10.9 Å². The molecule has 0 aliphatic heterocycles. The Labute approximate surface area is 106 Å². The molecule has 0 saturated carbocycles. The van der Waals surface area contributed by atoms with Crippen LogP contribution in [0.1, 0.15) is 16.5 Å². The van der Waals surface area contributed by atoms with Crippen LogP contribution in [0.2, 0.25) is 0 Å². The standard InChI is InChI=1S/C14H16N2S/c1-11-5-7-12(8-6-11)17-14(10-15)13-4-2-3-9-16-13/h2-9,14H,10,15H2,1H3. The third kappa shape index (κ3) is 3.32. The number of hydrogen-bond donors (Lipinski definition) is 1. The number of rotatable bonds is 4. The monoisotopic (exact) mass is 244 g/mol. The molecule has 0 spiro atoms. The molecule has 0 amide bonds. The van der Waals surface area contributed by atoms with E-state index in [1.54, 1.807) is 11.8 Å². The van der Waals surface area contributed by atoms with Crippen LogP contribution in [0.15, 0.2) is 53.6 Å². The van der Waals surface area contributed by atoms with Crippen molar-refractivity contribution in [2.24, 2.45) is 5.73 Å². The van der Waals surface area contributed by atoms with Gasteiger partial charge in [-0.05, 0) is 31.2 Å². The molecule has 0 bridgehead atoms. The zero-order valence-corrected chi connectivity index (χ0v) is 10.7. The Morgan fingerprint density at radius 2 is 1.94 bits per heavy atom. The molecule has 2 nitrogen and oxygen atoms in total. The summed E-state index contributed by atoms with van der Waals surface area (Å²) in [7, 11) is 0. The third-order valence-corrected chi connectivity index (χ3v) is 3.79. The third-order valence-electron chi connectivity index (χ3n) is 2.53. The largest absolute Gasteiger partial charge is 0.329 e. The van der Waals surface area contributed by atoms with E-state index in [2.05, 4.69) is 36.2 Å². The number of aryl methyl sites for hydroxylation is 1. The van der Waals surface area contributed by atoms with E-state index in [0.717, 1.165) is 5.69 Å². The molecular formula is C14H16N2S. The van der Waals surface area contributed by atoms with Crippen LogP contribution in [0.25, 0.3) is 0 Å². The van der Waals surface area contributed by atoms with E-state index in [9.17, 15) is 0 Å². The zero-order valence-electron chi connectivity index (χ0n) is 9.84. The van der Waals surface area contributed by atoms with Crippen LogP contribution >= 0.6 is 11.8 Å². The van der Waals surface area contributed by atoms with Crippen molar-refractivity contribution in [1.82, 2.24) is 4.98 Å². The first-order valence-electron chi connectivity index (χ1n) is 5.64. The fourth-order valence-corrected chi connectivity index (χ4v) is 2.55. The average Bonchev–Trinajstić information content (AvgIpc) is 2.39. The van der Waals surface area contributed by atoms with Crippen LogP contribution in [-0.2, 0) is 0 Å². The second-order valence-electron chi connectivity index (χ2n) is 3.91. The van der Waals surface area contributed by atoms with Gasteiger partial charge < -0.3 is 5.73 Å². The second-order valence-corrected chi connectivity index (χ2v) is 5.19. The molecule has 1 aromatic carbocycles. The zero-order chi connectivity index (χ0) is 12.1. The number of nitrogens with zero attached hydrogens (tertiary/aromatic N) is 1. The van der Waals surface area contributed by atoms with Gasteiger partial charge in [0.2, 0.25) is 0 Å². The highest BCUT2D eigenvalue weighted by Crippen LogP contribution is 2.33. The average molecular weight is 244 g/mol. The molecule has 0 saturated heterocycles. The van der Waals surface area contributed by atoms with Gasteiger partial charge in [-0.3, -0.25) is 4.98 Å². The molecule has 2 N–H and O–H groups in total. The predicted molar refractivity (Wildman–Crippen MR) is 73.1 cm³/mol. The molecule has 0 aliphatic rings. The van der Waals surface area contributed by atoms with Crippen molar-refractivity contribution in [2.75, 3.05) is 6.54 Å². The number of hydrogen-bond acceptors (Lipinski definition) is 3. The highest BCUT2D eigenvalue weighted by Gasteiger charge is 2.11. The summed E-state index contributed by atoms with van der Waals surface area (Å²) in [6.07, 6.45) is 1.81. The highest BCUT2D eigenvalue weighted by atomic mass is 32.2. The summed E-state index contributed by atoms with van der Waals surface area (Å²) in [5.74, 6) is 0. The number of nitrogens with two attached hydrogens (primary N) is 1. The van der Waals surface area contributed by atoms with Gasteiger partial charge in [-0.1, -0.05) is 23.8 Å². The van der Waals surface area contributed by atoms with Gasteiger partial charge in [-0.25, -0.2) is 0 Å². The molecule has 88 valence electrons. The fourth-order valence-electron chi connectivity index (χ4n) is 1.58. The van der Waals surface area contributed by atoms with Gasteiger partial charge in [0.1, 0.15) is 0 Å². The maximum atomic E-state index is 5.82. The maximum Gasteiger partial charge on any atom is 0.0639 e. The molecule has 2 rings (SSSR count). The first-order chi connectivity index (χ1) is 8.29. The highest BCUT2D eigenvalue weighted by molar-refractivity contribution is 7.99. The van der Waals surface area contributed by atoms with Crippen molar-refractivity contribution in [3.63, 3.8) is 0 Å². The minimum absolute atomic E-state index is 0.221. The summed E-state index contributed by atoms with van der Waals surface area (Å²) in [5, 5.41) is 0.221. The summed E-state index contributed by atoms with van der Waals surface area (Å²) >= 11 is 1.76. The van der Waals surface area contributed by atoms with E-state index in [1.807, 2.05) is 24.4 Å². The van der Waals surface area contributed by atoms with Crippen molar-refractivity contribution in [3.05, 3.63) is 59.9 Å². The Balaban J connectivity index is 2.13. The van der Waals surface area contributed by atoms with Crippen LogP contribution < -0.4 is 5.73 Å². The van der Waals surface area contributed by atoms with Crippen molar-refractivity contribution >= 4 is 11.8 Å². The summed E-state index contributed by atoms with van der Waals surface area (Å²) in [5.41, 5.74) is 8.14. The summed E-state index contributed by atoms with van der Waals surface area (Å²) in [6, 6.07) is 14.5. The van der Waals surface area contributed by atoms with Crippen LogP contribution in [0.5, 0.6) is 0 Å². The van der Waals surface area contributed by atoms with E-state index in [0.29, 0.717) is 6.54 Å². The molecule has 2 aromatic rings. The summed E-state index contributed by atoms with van der Waals surface area (Å²) in [4.78, 5) is 5.60. The topological polar surface area (TPSA) is 38.9 Å². The minimum Gasteiger partial charge on any atom is -0.329 e. The van der Waals surface area contributed by atoms with E-state index in [4.69, 9.17) is 5.73 Å². The predicted octanol–water partition coefficient (Wildman–Crippen LogP) is 3.18. The first kappa shape index (κ1) is 12.1. The van der Waals surface area contributed by atoms with Gasteiger partial charge in [0.25, 0.3) is 0 Å². The normalized spacial score (nSPS) is 12.4. The van der Waals surface area contributed by atoms with E-state index in [-0.39, 0.29) is 5.25 Å². The molecule has 0 fully saturated rings. The van der Waals surface area contributed by atoms with Crippen LogP contribution in [0.3, 0.4) is 0 Å².